The van der Waals surface area contributed by atoms with E-state index in [0.29, 0.717) is 17.5 Å². The Morgan fingerprint density at radius 1 is 1.00 bits per heavy atom. The van der Waals surface area contributed by atoms with Gasteiger partial charge in [-0.3, -0.25) is 0 Å². The molecule has 0 aliphatic heterocycles. The molecule has 4 rings (SSSR count). The van der Waals surface area contributed by atoms with Gasteiger partial charge in [-0.05, 0) is 30.0 Å². The summed E-state index contributed by atoms with van der Waals surface area (Å²) < 4.78 is 14.4. The lowest BCUT2D eigenvalue weighted by molar-refractivity contribution is 0.631. The summed E-state index contributed by atoms with van der Waals surface area (Å²) >= 11 is 0. The van der Waals surface area contributed by atoms with Crippen molar-refractivity contribution in [3.8, 4) is 28.5 Å². The predicted molar refractivity (Wildman–Crippen MR) is 91.6 cm³/mol. The maximum atomic E-state index is 14.4. The van der Waals surface area contributed by atoms with Gasteiger partial charge in [0.05, 0.1) is 5.69 Å². The number of anilines is 1. The van der Waals surface area contributed by atoms with E-state index in [4.69, 9.17) is 5.73 Å². The summed E-state index contributed by atoms with van der Waals surface area (Å²) in [4.78, 5) is 4.47. The number of benzene rings is 2. The van der Waals surface area contributed by atoms with Crippen LogP contribution in [0.2, 0.25) is 0 Å². The van der Waals surface area contributed by atoms with Crippen molar-refractivity contribution in [3.05, 3.63) is 71.0 Å². The van der Waals surface area contributed by atoms with Gasteiger partial charge in [0, 0.05) is 16.7 Å². The summed E-state index contributed by atoms with van der Waals surface area (Å²) in [7, 11) is 0. The van der Waals surface area contributed by atoms with E-state index in [2.05, 4.69) is 17.1 Å². The van der Waals surface area contributed by atoms with Crippen LogP contribution in [0.1, 0.15) is 16.7 Å². The Morgan fingerprint density at radius 3 is 2.46 bits per heavy atom. The summed E-state index contributed by atoms with van der Waals surface area (Å²) in [6, 6.07) is 16.6. The largest absolute Gasteiger partial charge is 0.383 e. The first-order chi connectivity index (χ1) is 11.7. The zero-order valence-electron chi connectivity index (χ0n) is 12.9. The molecule has 3 nitrogen and oxygen atoms in total. The monoisotopic (exact) mass is 315 g/mol. The predicted octanol–water partition coefficient (Wildman–Crippen LogP) is 4.11. The fourth-order valence-electron chi connectivity index (χ4n) is 3.41. The van der Waals surface area contributed by atoms with Gasteiger partial charge in [-0.2, -0.15) is 5.26 Å². The van der Waals surface area contributed by atoms with Crippen molar-refractivity contribution >= 4 is 5.82 Å². The van der Waals surface area contributed by atoms with Crippen LogP contribution in [0.25, 0.3) is 22.4 Å². The number of nitrogens with zero attached hydrogens (tertiary/aromatic N) is 2. The molecule has 1 aliphatic rings. The second-order valence-corrected chi connectivity index (χ2v) is 5.82. The van der Waals surface area contributed by atoms with Crippen molar-refractivity contribution in [2.75, 3.05) is 5.73 Å². The van der Waals surface area contributed by atoms with Crippen LogP contribution < -0.4 is 5.73 Å². The van der Waals surface area contributed by atoms with E-state index in [9.17, 15) is 9.65 Å². The number of pyridine rings is 1. The van der Waals surface area contributed by atoms with Gasteiger partial charge in [0.25, 0.3) is 0 Å². The molecule has 2 aromatic carbocycles. The van der Waals surface area contributed by atoms with E-state index >= 15 is 0 Å². The van der Waals surface area contributed by atoms with Crippen LogP contribution in [0.5, 0.6) is 0 Å². The van der Waals surface area contributed by atoms with Gasteiger partial charge in [0.1, 0.15) is 23.3 Å². The third kappa shape index (κ3) is 2.06. The second kappa shape index (κ2) is 5.47. The Morgan fingerprint density at radius 2 is 1.71 bits per heavy atom. The second-order valence-electron chi connectivity index (χ2n) is 5.82. The number of aryl methyl sites for hydroxylation is 1. The molecule has 0 amide bonds. The van der Waals surface area contributed by atoms with E-state index in [-0.39, 0.29) is 17.2 Å². The SMILES string of the molecule is N#Cc1c(N)nc2c(c1-c1ccccc1F)CCc1ccccc1-2. The number of halogens is 1. The molecule has 0 spiro atoms. The fourth-order valence-corrected chi connectivity index (χ4v) is 3.41. The van der Waals surface area contributed by atoms with Crippen molar-refractivity contribution in [2.24, 2.45) is 0 Å². The molecular weight excluding hydrogens is 301 g/mol. The van der Waals surface area contributed by atoms with Crippen LogP contribution in [-0.4, -0.2) is 4.98 Å². The van der Waals surface area contributed by atoms with Crippen molar-refractivity contribution < 1.29 is 4.39 Å². The molecule has 0 atom stereocenters. The van der Waals surface area contributed by atoms with E-state index in [1.54, 1.807) is 18.2 Å². The van der Waals surface area contributed by atoms with E-state index in [0.717, 1.165) is 23.2 Å². The molecule has 1 aromatic heterocycles. The van der Waals surface area contributed by atoms with Crippen molar-refractivity contribution in [1.29, 1.82) is 5.26 Å². The minimum Gasteiger partial charge on any atom is -0.383 e. The maximum Gasteiger partial charge on any atom is 0.142 e. The Bertz CT molecular complexity index is 1000. The molecule has 1 heterocycles. The van der Waals surface area contributed by atoms with Gasteiger partial charge in [-0.1, -0.05) is 42.5 Å². The first-order valence-corrected chi connectivity index (χ1v) is 7.76. The molecule has 3 aromatic rings. The lowest BCUT2D eigenvalue weighted by atomic mass is 9.83. The van der Waals surface area contributed by atoms with E-state index < -0.39 is 0 Å². The fraction of sp³-hybridized carbons (Fsp3) is 0.100. The number of nitrogens with two attached hydrogens (primary N) is 1. The number of aromatic nitrogens is 1. The molecule has 2 N–H and O–H groups in total. The highest BCUT2D eigenvalue weighted by Gasteiger charge is 2.26. The van der Waals surface area contributed by atoms with E-state index in [1.165, 1.54) is 11.6 Å². The lowest BCUT2D eigenvalue weighted by Crippen LogP contribution is -2.11. The van der Waals surface area contributed by atoms with Crippen molar-refractivity contribution in [2.45, 2.75) is 12.8 Å². The van der Waals surface area contributed by atoms with Crippen LogP contribution in [0.15, 0.2) is 48.5 Å². The lowest BCUT2D eigenvalue weighted by Gasteiger charge is -2.23. The van der Waals surface area contributed by atoms with Crippen LogP contribution in [-0.2, 0) is 12.8 Å². The van der Waals surface area contributed by atoms with Crippen molar-refractivity contribution in [3.63, 3.8) is 0 Å². The first-order valence-electron chi connectivity index (χ1n) is 7.76. The highest BCUT2D eigenvalue weighted by atomic mass is 19.1. The first kappa shape index (κ1) is 14.4. The minimum absolute atomic E-state index is 0.145. The highest BCUT2D eigenvalue weighted by Crippen LogP contribution is 2.41. The number of nitrogen functional groups attached to an aromatic ring is 1. The summed E-state index contributed by atoms with van der Waals surface area (Å²) in [6.45, 7) is 0. The van der Waals surface area contributed by atoms with Gasteiger partial charge in [-0.25, -0.2) is 9.37 Å². The molecular formula is C20H14FN3. The average molecular weight is 315 g/mol. The summed E-state index contributed by atoms with van der Waals surface area (Å²) in [5.41, 5.74) is 11.1. The standard InChI is InChI=1S/C20H14FN3/c21-17-8-4-3-7-14(17)18-15-10-9-12-5-1-2-6-13(12)19(15)24-20(23)16(18)11-22/h1-8H,9-10H2,(H2,23,24). The number of fused-ring (bicyclic) bond motifs is 3. The molecule has 24 heavy (non-hydrogen) atoms. The quantitative estimate of drug-likeness (QED) is 0.735. The minimum atomic E-state index is -0.361. The molecule has 116 valence electrons. The van der Waals surface area contributed by atoms with Crippen LogP contribution in [0, 0.1) is 17.1 Å². The maximum absolute atomic E-state index is 14.4. The van der Waals surface area contributed by atoms with Gasteiger partial charge in [-0.15, -0.1) is 0 Å². The van der Waals surface area contributed by atoms with Crippen LogP contribution in [0.3, 0.4) is 0 Å². The molecule has 0 bridgehead atoms. The Balaban J connectivity index is 2.10. The normalized spacial score (nSPS) is 12.2. The zero-order valence-corrected chi connectivity index (χ0v) is 12.9. The van der Waals surface area contributed by atoms with Gasteiger partial charge in [0.15, 0.2) is 0 Å². The molecule has 0 radical (unpaired) electrons. The highest BCUT2D eigenvalue weighted by molar-refractivity contribution is 5.86. The number of rotatable bonds is 1. The smallest absolute Gasteiger partial charge is 0.142 e. The summed E-state index contributed by atoms with van der Waals surface area (Å²) in [5.74, 6) is -0.216. The molecule has 0 saturated heterocycles. The van der Waals surface area contributed by atoms with Crippen LogP contribution in [0.4, 0.5) is 10.2 Å². The number of nitriles is 1. The number of hydrogen-bond acceptors (Lipinski definition) is 3. The van der Waals surface area contributed by atoms with Gasteiger partial charge < -0.3 is 5.73 Å². The van der Waals surface area contributed by atoms with Gasteiger partial charge >= 0.3 is 0 Å². The van der Waals surface area contributed by atoms with Gasteiger partial charge in [0.2, 0.25) is 0 Å². The Kier molecular flexibility index (Phi) is 3.28. The van der Waals surface area contributed by atoms with Crippen molar-refractivity contribution in [1.82, 2.24) is 4.98 Å². The molecule has 0 saturated carbocycles. The Hall–Kier alpha value is -3.19. The summed E-state index contributed by atoms with van der Waals surface area (Å²) in [6.07, 6.45) is 1.54. The molecule has 0 unspecified atom stereocenters. The average Bonchev–Trinajstić information content (AvgIpc) is 2.61. The topological polar surface area (TPSA) is 62.7 Å². The van der Waals surface area contributed by atoms with E-state index in [1.807, 2.05) is 18.2 Å². The Labute approximate surface area is 139 Å². The molecule has 1 aliphatic carbocycles. The zero-order chi connectivity index (χ0) is 16.7. The third-order valence-electron chi connectivity index (χ3n) is 4.50. The molecule has 0 fully saturated rings. The molecule has 4 heteroatoms. The van der Waals surface area contributed by atoms with Crippen LogP contribution >= 0.6 is 0 Å². The summed E-state index contributed by atoms with van der Waals surface area (Å²) in [5, 5.41) is 9.56. The third-order valence-corrected chi connectivity index (χ3v) is 4.50. The number of hydrogen-bond donors (Lipinski definition) is 1.